The van der Waals surface area contributed by atoms with E-state index >= 15 is 0 Å². The molecule has 0 aliphatic carbocycles. The Morgan fingerprint density at radius 3 is 2.70 bits per heavy atom. The van der Waals surface area contributed by atoms with Gasteiger partial charge in [-0.05, 0) is 31.2 Å². The van der Waals surface area contributed by atoms with Crippen molar-refractivity contribution in [1.29, 1.82) is 0 Å². The van der Waals surface area contributed by atoms with Gasteiger partial charge in [0.25, 0.3) is 0 Å². The summed E-state index contributed by atoms with van der Waals surface area (Å²) in [5.74, 6) is 0.851. The van der Waals surface area contributed by atoms with E-state index in [1.165, 1.54) is 7.11 Å². The maximum Gasteiger partial charge on any atom is 0.308 e. The number of ether oxygens (including phenoxy) is 2. The number of aliphatic hydroxyl groups excluding tert-OH is 1. The Hall–Kier alpha value is -2.18. The molecule has 27 heavy (non-hydrogen) atoms. The summed E-state index contributed by atoms with van der Waals surface area (Å²) in [6, 6.07) is 7.92. The first-order valence-electron chi connectivity index (χ1n) is 9.32. The number of methoxy groups -OCH3 is 1. The lowest BCUT2D eigenvalue weighted by molar-refractivity contribution is -0.155. The molecule has 146 valence electrons. The van der Waals surface area contributed by atoms with Crippen LogP contribution < -0.4 is 0 Å². The molecule has 1 aliphatic rings. The van der Waals surface area contributed by atoms with Gasteiger partial charge in [0.15, 0.2) is 5.76 Å². The van der Waals surface area contributed by atoms with Crippen molar-refractivity contribution in [3.05, 3.63) is 41.1 Å². The first-order chi connectivity index (χ1) is 13.0. The van der Waals surface area contributed by atoms with Gasteiger partial charge in [0, 0.05) is 24.2 Å². The molecule has 6 nitrogen and oxygen atoms in total. The zero-order valence-electron chi connectivity index (χ0n) is 16.2. The van der Waals surface area contributed by atoms with Crippen LogP contribution >= 0.6 is 0 Å². The third kappa shape index (κ3) is 4.39. The van der Waals surface area contributed by atoms with Gasteiger partial charge >= 0.3 is 5.97 Å². The molecule has 2 unspecified atom stereocenters. The Kier molecular flexibility index (Phi) is 5.97. The quantitative estimate of drug-likeness (QED) is 0.781. The Labute approximate surface area is 159 Å². The van der Waals surface area contributed by atoms with Crippen LogP contribution in [0.25, 0.3) is 11.3 Å². The molecule has 1 saturated heterocycles. The monoisotopic (exact) mass is 373 g/mol. The average Bonchev–Trinajstić information content (AvgIpc) is 3.05. The minimum atomic E-state index is -0.514. The number of nitrogens with zero attached hydrogens (tertiary/aromatic N) is 1. The lowest BCUT2D eigenvalue weighted by Crippen LogP contribution is -2.43. The Balaban J connectivity index is 1.79. The molecule has 3 rings (SSSR count). The van der Waals surface area contributed by atoms with Crippen molar-refractivity contribution in [1.82, 2.24) is 5.16 Å². The van der Waals surface area contributed by atoms with E-state index in [0.29, 0.717) is 36.0 Å². The van der Waals surface area contributed by atoms with E-state index in [1.54, 1.807) is 0 Å². The number of hydrogen-bond acceptors (Lipinski definition) is 6. The number of aliphatic hydroxyl groups is 1. The van der Waals surface area contributed by atoms with Crippen LogP contribution in [0.2, 0.25) is 0 Å². The van der Waals surface area contributed by atoms with Crippen molar-refractivity contribution in [2.45, 2.75) is 51.7 Å². The summed E-state index contributed by atoms with van der Waals surface area (Å²) < 4.78 is 16.4. The summed E-state index contributed by atoms with van der Waals surface area (Å²) in [4.78, 5) is 11.9. The van der Waals surface area contributed by atoms with Crippen LogP contribution in [0.4, 0.5) is 0 Å². The fourth-order valence-electron chi connectivity index (χ4n) is 3.61. The van der Waals surface area contributed by atoms with Gasteiger partial charge in [-0.2, -0.15) is 0 Å². The number of aromatic nitrogens is 1. The van der Waals surface area contributed by atoms with E-state index in [1.807, 2.05) is 31.2 Å². The molecule has 1 fully saturated rings. The van der Waals surface area contributed by atoms with Crippen molar-refractivity contribution < 1.29 is 23.9 Å². The predicted octanol–water partition coefficient (Wildman–Crippen LogP) is 3.43. The summed E-state index contributed by atoms with van der Waals surface area (Å²) in [7, 11) is 1.41. The molecule has 1 aromatic heterocycles. The number of carbonyl (C=O) groups excluding carboxylic acids is 1. The standard InChI is InChI=1S/C21H27NO5/c1-14-8-9-21(26-13-14,11-19(24)25-3)10-16-4-6-17(7-5-16)20-18(12-23)15(2)22-27-20/h4-7,14,23H,8-13H2,1-3H3. The molecular formula is C21H27NO5. The Morgan fingerprint density at radius 2 is 2.11 bits per heavy atom. The molecule has 2 aromatic rings. The van der Waals surface area contributed by atoms with Crippen molar-refractivity contribution in [2.75, 3.05) is 13.7 Å². The smallest absolute Gasteiger partial charge is 0.308 e. The summed E-state index contributed by atoms with van der Waals surface area (Å²) in [6.45, 7) is 4.52. The van der Waals surface area contributed by atoms with Crippen LogP contribution in [0.5, 0.6) is 0 Å². The largest absolute Gasteiger partial charge is 0.469 e. The van der Waals surface area contributed by atoms with Crippen LogP contribution in [0.15, 0.2) is 28.8 Å². The van der Waals surface area contributed by atoms with Crippen molar-refractivity contribution in [3.8, 4) is 11.3 Å². The number of aryl methyl sites for hydroxylation is 1. The van der Waals surface area contributed by atoms with Gasteiger partial charge in [-0.1, -0.05) is 36.3 Å². The van der Waals surface area contributed by atoms with E-state index < -0.39 is 5.60 Å². The van der Waals surface area contributed by atoms with E-state index in [-0.39, 0.29) is 19.0 Å². The molecular weight excluding hydrogens is 346 g/mol. The maximum atomic E-state index is 11.9. The molecule has 2 heterocycles. The van der Waals surface area contributed by atoms with Gasteiger partial charge < -0.3 is 19.1 Å². The first kappa shape index (κ1) is 19.6. The van der Waals surface area contributed by atoms with Gasteiger partial charge in [0.1, 0.15) is 0 Å². The van der Waals surface area contributed by atoms with Gasteiger partial charge in [-0.15, -0.1) is 0 Å². The summed E-state index contributed by atoms with van der Waals surface area (Å²) >= 11 is 0. The molecule has 1 N–H and O–H groups in total. The lowest BCUT2D eigenvalue weighted by atomic mass is 9.82. The second-order valence-electron chi connectivity index (χ2n) is 7.50. The number of rotatable bonds is 6. The summed E-state index contributed by atoms with van der Waals surface area (Å²) in [5.41, 5.74) is 2.83. The van der Waals surface area contributed by atoms with Gasteiger partial charge in [0.2, 0.25) is 0 Å². The third-order valence-electron chi connectivity index (χ3n) is 5.35. The van der Waals surface area contributed by atoms with Crippen LogP contribution in [-0.2, 0) is 27.3 Å². The van der Waals surface area contributed by atoms with Crippen molar-refractivity contribution in [3.63, 3.8) is 0 Å². The van der Waals surface area contributed by atoms with Crippen molar-refractivity contribution >= 4 is 5.97 Å². The lowest BCUT2D eigenvalue weighted by Gasteiger charge is -2.39. The summed E-state index contributed by atoms with van der Waals surface area (Å²) in [5, 5.41) is 13.5. The number of esters is 1. The first-order valence-corrected chi connectivity index (χ1v) is 9.32. The van der Waals surface area contributed by atoms with Crippen LogP contribution in [0.3, 0.4) is 0 Å². The molecule has 0 spiro atoms. The number of benzene rings is 1. The molecule has 6 heteroatoms. The molecule has 0 amide bonds. The topological polar surface area (TPSA) is 81.8 Å². The van der Waals surface area contributed by atoms with Gasteiger partial charge in [0.05, 0.1) is 31.4 Å². The van der Waals surface area contributed by atoms with Crippen LogP contribution in [0.1, 0.15) is 43.0 Å². The fourth-order valence-corrected chi connectivity index (χ4v) is 3.61. The fraction of sp³-hybridized carbons (Fsp3) is 0.524. The molecule has 0 saturated carbocycles. The van der Waals surface area contributed by atoms with E-state index in [9.17, 15) is 9.90 Å². The highest BCUT2D eigenvalue weighted by atomic mass is 16.5. The molecule has 0 bridgehead atoms. The summed E-state index contributed by atoms with van der Waals surface area (Å²) in [6.07, 6.45) is 2.78. The second-order valence-corrected chi connectivity index (χ2v) is 7.50. The van der Waals surface area contributed by atoms with E-state index in [0.717, 1.165) is 24.0 Å². The number of carbonyl (C=O) groups is 1. The number of hydrogen-bond donors (Lipinski definition) is 1. The maximum absolute atomic E-state index is 11.9. The van der Waals surface area contributed by atoms with Crippen LogP contribution in [-0.4, -0.2) is 35.6 Å². The minimum absolute atomic E-state index is 0.110. The Bertz CT molecular complexity index is 772. The zero-order valence-corrected chi connectivity index (χ0v) is 16.2. The zero-order chi connectivity index (χ0) is 19.4. The highest BCUT2D eigenvalue weighted by molar-refractivity contribution is 5.70. The highest BCUT2D eigenvalue weighted by Gasteiger charge is 2.38. The molecule has 0 radical (unpaired) electrons. The van der Waals surface area contributed by atoms with Gasteiger partial charge in [-0.3, -0.25) is 4.79 Å². The highest BCUT2D eigenvalue weighted by Crippen LogP contribution is 2.35. The minimum Gasteiger partial charge on any atom is -0.469 e. The predicted molar refractivity (Wildman–Crippen MR) is 100 cm³/mol. The Morgan fingerprint density at radius 1 is 1.37 bits per heavy atom. The van der Waals surface area contributed by atoms with Gasteiger partial charge in [-0.25, -0.2) is 0 Å². The average molecular weight is 373 g/mol. The third-order valence-corrected chi connectivity index (χ3v) is 5.35. The van der Waals surface area contributed by atoms with E-state index in [2.05, 4.69) is 12.1 Å². The van der Waals surface area contributed by atoms with Crippen LogP contribution in [0, 0.1) is 12.8 Å². The van der Waals surface area contributed by atoms with E-state index in [4.69, 9.17) is 14.0 Å². The molecule has 1 aliphatic heterocycles. The molecule has 1 aromatic carbocycles. The second kappa shape index (κ2) is 8.23. The molecule has 2 atom stereocenters. The SMILES string of the molecule is COC(=O)CC1(Cc2ccc(-c3onc(C)c3CO)cc2)CCC(C)CO1. The normalized spacial score (nSPS) is 22.6. The van der Waals surface area contributed by atoms with Crippen molar-refractivity contribution in [2.24, 2.45) is 5.92 Å².